The third-order valence-electron chi connectivity index (χ3n) is 3.26. The molecule has 0 amide bonds. The number of hydrogen-bond donors (Lipinski definition) is 0. The van der Waals surface area contributed by atoms with Gasteiger partial charge in [-0.05, 0) is 41.8 Å². The Bertz CT molecular complexity index is 549. The minimum Gasteiger partial charge on any atom is -0.343 e. The number of anilines is 2. The summed E-state index contributed by atoms with van der Waals surface area (Å²) in [6, 6.07) is 14.5. The zero-order chi connectivity index (χ0) is 13.8. The van der Waals surface area contributed by atoms with Gasteiger partial charge in [0.1, 0.15) is 0 Å². The fourth-order valence-corrected chi connectivity index (χ4v) is 2.50. The molecule has 100 valence electrons. The number of rotatable bonds is 4. The normalized spacial score (nSPS) is 10.5. The van der Waals surface area contributed by atoms with Crippen molar-refractivity contribution in [2.75, 3.05) is 11.9 Å². The van der Waals surface area contributed by atoms with E-state index in [1.165, 1.54) is 5.56 Å². The smallest absolute Gasteiger partial charge is 0.0646 e. The van der Waals surface area contributed by atoms with E-state index in [-0.39, 0.29) is 0 Å². The lowest BCUT2D eigenvalue weighted by Crippen LogP contribution is -2.10. The molecule has 0 N–H and O–H groups in total. The van der Waals surface area contributed by atoms with Crippen molar-refractivity contribution in [2.45, 2.75) is 19.2 Å². The van der Waals surface area contributed by atoms with Crippen LogP contribution in [0.15, 0.2) is 42.5 Å². The summed E-state index contributed by atoms with van der Waals surface area (Å²) in [5.74, 6) is 0.481. The highest BCUT2D eigenvalue weighted by molar-refractivity contribution is 6.33. The Labute approximate surface area is 124 Å². The second-order valence-electron chi connectivity index (χ2n) is 4.50. The lowest BCUT2D eigenvalue weighted by atomic mass is 10.1. The molecule has 2 rings (SSSR count). The van der Waals surface area contributed by atoms with Crippen LogP contribution in [-0.2, 0) is 12.3 Å². The maximum atomic E-state index is 6.31. The van der Waals surface area contributed by atoms with Gasteiger partial charge in [-0.1, -0.05) is 36.7 Å². The lowest BCUT2D eigenvalue weighted by molar-refractivity contribution is 1.13. The topological polar surface area (TPSA) is 3.24 Å². The van der Waals surface area contributed by atoms with Crippen LogP contribution in [0.25, 0.3) is 0 Å². The largest absolute Gasteiger partial charge is 0.343 e. The Balaban J connectivity index is 2.29. The second-order valence-corrected chi connectivity index (χ2v) is 5.17. The highest BCUT2D eigenvalue weighted by Crippen LogP contribution is 2.31. The van der Waals surface area contributed by atoms with E-state index in [0.717, 1.165) is 28.4 Å². The predicted octanol–water partition coefficient (Wildman–Crippen LogP) is 5.41. The SMILES string of the molecule is CCc1ccc(N(C)c2ccc(CCl)cc2Cl)cc1. The van der Waals surface area contributed by atoms with E-state index in [1.54, 1.807) is 0 Å². The Morgan fingerprint density at radius 3 is 2.16 bits per heavy atom. The minimum atomic E-state index is 0.481. The fourth-order valence-electron chi connectivity index (χ4n) is 2.00. The van der Waals surface area contributed by atoms with Gasteiger partial charge < -0.3 is 4.90 Å². The summed E-state index contributed by atoms with van der Waals surface area (Å²) >= 11 is 12.1. The number of benzene rings is 2. The van der Waals surface area contributed by atoms with E-state index in [4.69, 9.17) is 23.2 Å². The Morgan fingerprint density at radius 1 is 1.00 bits per heavy atom. The maximum absolute atomic E-state index is 6.31. The van der Waals surface area contributed by atoms with Gasteiger partial charge in [0.05, 0.1) is 10.7 Å². The van der Waals surface area contributed by atoms with Gasteiger partial charge in [0, 0.05) is 18.6 Å². The van der Waals surface area contributed by atoms with Crippen LogP contribution in [0.5, 0.6) is 0 Å². The number of halogens is 2. The fraction of sp³-hybridized carbons (Fsp3) is 0.250. The maximum Gasteiger partial charge on any atom is 0.0646 e. The van der Waals surface area contributed by atoms with Crippen LogP contribution in [0.3, 0.4) is 0 Å². The quantitative estimate of drug-likeness (QED) is 0.681. The molecule has 0 radical (unpaired) electrons. The van der Waals surface area contributed by atoms with Crippen LogP contribution in [0, 0.1) is 0 Å². The van der Waals surface area contributed by atoms with Crippen LogP contribution in [0.1, 0.15) is 18.1 Å². The minimum absolute atomic E-state index is 0.481. The molecule has 0 atom stereocenters. The van der Waals surface area contributed by atoms with Crippen molar-refractivity contribution in [1.82, 2.24) is 0 Å². The molecule has 2 aromatic carbocycles. The van der Waals surface area contributed by atoms with Crippen molar-refractivity contribution in [2.24, 2.45) is 0 Å². The van der Waals surface area contributed by atoms with Crippen LogP contribution in [-0.4, -0.2) is 7.05 Å². The summed E-state index contributed by atoms with van der Waals surface area (Å²) in [6.45, 7) is 2.15. The van der Waals surface area contributed by atoms with Gasteiger partial charge >= 0.3 is 0 Å². The van der Waals surface area contributed by atoms with Gasteiger partial charge in [-0.3, -0.25) is 0 Å². The van der Waals surface area contributed by atoms with E-state index in [2.05, 4.69) is 36.1 Å². The van der Waals surface area contributed by atoms with Crippen molar-refractivity contribution >= 4 is 34.6 Å². The van der Waals surface area contributed by atoms with Gasteiger partial charge in [-0.15, -0.1) is 11.6 Å². The first-order chi connectivity index (χ1) is 9.15. The highest BCUT2D eigenvalue weighted by Gasteiger charge is 2.08. The first-order valence-electron chi connectivity index (χ1n) is 6.32. The molecule has 0 spiro atoms. The molecule has 0 aromatic heterocycles. The monoisotopic (exact) mass is 293 g/mol. The lowest BCUT2D eigenvalue weighted by Gasteiger charge is -2.21. The third kappa shape index (κ3) is 3.23. The first kappa shape index (κ1) is 14.2. The van der Waals surface area contributed by atoms with Crippen LogP contribution >= 0.6 is 23.2 Å². The number of nitrogens with zero attached hydrogens (tertiary/aromatic N) is 1. The molecule has 0 heterocycles. The number of alkyl halides is 1. The summed E-state index contributed by atoms with van der Waals surface area (Å²) in [6.07, 6.45) is 1.05. The first-order valence-corrected chi connectivity index (χ1v) is 7.24. The molecule has 0 aliphatic rings. The van der Waals surface area contributed by atoms with Crippen molar-refractivity contribution < 1.29 is 0 Å². The molecule has 0 saturated heterocycles. The summed E-state index contributed by atoms with van der Waals surface area (Å²) in [5, 5.41) is 0.722. The molecule has 0 aliphatic carbocycles. The zero-order valence-corrected chi connectivity index (χ0v) is 12.7. The molecule has 3 heteroatoms. The summed E-state index contributed by atoms with van der Waals surface area (Å²) in [5.41, 5.74) is 4.48. The van der Waals surface area contributed by atoms with Gasteiger partial charge in [-0.25, -0.2) is 0 Å². The molecular weight excluding hydrogens is 277 g/mol. The Hall–Kier alpha value is -1.18. The van der Waals surface area contributed by atoms with E-state index in [9.17, 15) is 0 Å². The Morgan fingerprint density at radius 2 is 1.63 bits per heavy atom. The van der Waals surface area contributed by atoms with Crippen molar-refractivity contribution in [3.8, 4) is 0 Å². The third-order valence-corrected chi connectivity index (χ3v) is 3.87. The highest BCUT2D eigenvalue weighted by atomic mass is 35.5. The van der Waals surface area contributed by atoms with E-state index >= 15 is 0 Å². The summed E-state index contributed by atoms with van der Waals surface area (Å²) in [4.78, 5) is 2.08. The Kier molecular flexibility index (Phi) is 4.73. The van der Waals surface area contributed by atoms with E-state index in [1.807, 2.05) is 25.2 Å². The molecule has 0 aliphatic heterocycles. The molecule has 1 nitrogen and oxygen atoms in total. The van der Waals surface area contributed by atoms with E-state index in [0.29, 0.717) is 5.88 Å². The standard InChI is InChI=1S/C16H17Cl2N/c1-3-12-4-7-14(8-5-12)19(2)16-9-6-13(11-17)10-15(16)18/h4-10H,3,11H2,1-2H3. The molecule has 0 unspecified atom stereocenters. The molecular formula is C16H17Cl2N. The molecule has 2 aromatic rings. The van der Waals surface area contributed by atoms with Gasteiger partial charge in [0.25, 0.3) is 0 Å². The predicted molar refractivity (Wildman–Crippen MR) is 84.9 cm³/mol. The molecule has 19 heavy (non-hydrogen) atoms. The average molecular weight is 294 g/mol. The van der Waals surface area contributed by atoms with E-state index < -0.39 is 0 Å². The molecule has 0 saturated carbocycles. The van der Waals surface area contributed by atoms with Crippen molar-refractivity contribution in [3.05, 3.63) is 58.6 Å². The van der Waals surface area contributed by atoms with Gasteiger partial charge in [0.15, 0.2) is 0 Å². The summed E-state index contributed by atoms with van der Waals surface area (Å²) < 4.78 is 0. The average Bonchev–Trinajstić information content (AvgIpc) is 2.46. The van der Waals surface area contributed by atoms with Gasteiger partial charge in [0.2, 0.25) is 0 Å². The van der Waals surface area contributed by atoms with Crippen LogP contribution in [0.2, 0.25) is 5.02 Å². The molecule has 0 bridgehead atoms. The molecule has 0 fully saturated rings. The van der Waals surface area contributed by atoms with Crippen molar-refractivity contribution in [3.63, 3.8) is 0 Å². The zero-order valence-electron chi connectivity index (χ0n) is 11.2. The van der Waals surface area contributed by atoms with Crippen molar-refractivity contribution in [1.29, 1.82) is 0 Å². The number of hydrogen-bond acceptors (Lipinski definition) is 1. The van der Waals surface area contributed by atoms with Gasteiger partial charge in [-0.2, -0.15) is 0 Å². The van der Waals surface area contributed by atoms with Crippen LogP contribution in [0.4, 0.5) is 11.4 Å². The van der Waals surface area contributed by atoms with Crippen LogP contribution < -0.4 is 4.90 Å². The number of aryl methyl sites for hydroxylation is 1. The summed E-state index contributed by atoms with van der Waals surface area (Å²) in [7, 11) is 2.02. The second kappa shape index (κ2) is 6.31.